The summed E-state index contributed by atoms with van der Waals surface area (Å²) in [4.78, 5) is 15.9. The number of halogens is 1. The molecule has 4 bridgehead atoms. The van der Waals surface area contributed by atoms with Crippen molar-refractivity contribution >= 4 is 23.0 Å². The van der Waals surface area contributed by atoms with Crippen LogP contribution in [0.5, 0.6) is 0 Å². The van der Waals surface area contributed by atoms with Gasteiger partial charge in [0.1, 0.15) is 0 Å². The normalized spacial score (nSPS) is 32.0. The van der Waals surface area contributed by atoms with Crippen molar-refractivity contribution in [1.82, 2.24) is 19.8 Å². The zero-order valence-electron chi connectivity index (χ0n) is 19.9. The number of pyridine rings is 1. The minimum Gasteiger partial charge on any atom is -0.352 e. The molecule has 0 aromatic carbocycles. The van der Waals surface area contributed by atoms with Crippen LogP contribution in [0.25, 0.3) is 5.52 Å². The van der Waals surface area contributed by atoms with Gasteiger partial charge < -0.3 is 10.2 Å². The Morgan fingerprint density at radius 1 is 1.15 bits per heavy atom. The lowest BCUT2D eigenvalue weighted by Gasteiger charge is -2.58. The van der Waals surface area contributed by atoms with Gasteiger partial charge in [0, 0.05) is 24.3 Å². The number of carbonyl (C=O) groups is 1. The predicted molar refractivity (Wildman–Crippen MR) is 132 cm³/mol. The minimum atomic E-state index is -0.0138. The monoisotopic (exact) mass is 468 g/mol. The summed E-state index contributed by atoms with van der Waals surface area (Å²) in [5.41, 5.74) is 2.94. The summed E-state index contributed by atoms with van der Waals surface area (Å²) >= 11 is 6.19. The van der Waals surface area contributed by atoms with E-state index in [-0.39, 0.29) is 5.91 Å². The van der Waals surface area contributed by atoms with Crippen LogP contribution < -0.4 is 5.32 Å². The molecule has 3 heterocycles. The molecule has 2 aromatic heterocycles. The van der Waals surface area contributed by atoms with Crippen molar-refractivity contribution in [3.63, 3.8) is 0 Å². The number of nitrogens with zero attached hydrogens (tertiary/aromatic N) is 3. The molecule has 4 saturated carbocycles. The van der Waals surface area contributed by atoms with Crippen molar-refractivity contribution in [2.45, 2.75) is 64.7 Å². The van der Waals surface area contributed by atoms with Gasteiger partial charge in [0.05, 0.1) is 16.8 Å². The molecule has 1 saturated heterocycles. The lowest BCUT2D eigenvalue weighted by Crippen LogP contribution is -2.52. The number of nitrogens with one attached hydrogen (secondary N) is 1. The maximum Gasteiger partial charge on any atom is 0.255 e. The van der Waals surface area contributed by atoms with Crippen molar-refractivity contribution in [2.75, 3.05) is 26.2 Å². The number of carbonyl (C=O) groups excluding carboxylic acids is 1. The third-order valence-corrected chi connectivity index (χ3v) is 9.45. The molecule has 5 aliphatic rings. The quantitative estimate of drug-likeness (QED) is 0.633. The van der Waals surface area contributed by atoms with Gasteiger partial charge >= 0.3 is 0 Å². The summed E-state index contributed by atoms with van der Waals surface area (Å²) in [7, 11) is 0. The lowest BCUT2D eigenvalue weighted by atomic mass is 9.49. The average molecular weight is 469 g/mol. The smallest absolute Gasteiger partial charge is 0.255 e. The van der Waals surface area contributed by atoms with E-state index in [1.807, 2.05) is 19.2 Å². The number of rotatable bonds is 6. The Labute approximate surface area is 202 Å². The Hall–Kier alpha value is -1.59. The van der Waals surface area contributed by atoms with Gasteiger partial charge in [0.15, 0.2) is 0 Å². The largest absolute Gasteiger partial charge is 0.352 e. The standard InChI is InChI=1S/C27H37ClN4O/c1-2-23-25(24-12-22(28)5-8-32(24)30-23)26(33)29-16-18-3-6-31(7-4-18)17-27-13-19-9-20(14-27)11-21(10-19)15-27/h5,8,12,18-21H,2-4,6-7,9-11,13-17H2,1H3,(H,29,33). The molecule has 1 amide bonds. The number of amides is 1. The summed E-state index contributed by atoms with van der Waals surface area (Å²) in [6.07, 6.45) is 14.0. The Balaban J connectivity index is 1.04. The molecule has 0 atom stereocenters. The van der Waals surface area contributed by atoms with E-state index in [9.17, 15) is 4.79 Å². The van der Waals surface area contributed by atoms with Gasteiger partial charge in [-0.1, -0.05) is 18.5 Å². The molecular weight excluding hydrogens is 432 g/mol. The van der Waals surface area contributed by atoms with Crippen molar-refractivity contribution in [1.29, 1.82) is 0 Å². The molecule has 0 unspecified atom stereocenters. The van der Waals surface area contributed by atoms with Crippen LogP contribution in [0.1, 0.15) is 74.3 Å². The highest BCUT2D eigenvalue weighted by molar-refractivity contribution is 6.31. The Morgan fingerprint density at radius 3 is 2.45 bits per heavy atom. The highest BCUT2D eigenvalue weighted by Crippen LogP contribution is 2.60. The zero-order valence-corrected chi connectivity index (χ0v) is 20.6. The third kappa shape index (κ3) is 4.20. The molecule has 7 rings (SSSR count). The lowest BCUT2D eigenvalue weighted by molar-refractivity contribution is -0.0723. The Kier molecular flexibility index (Phi) is 5.69. The van der Waals surface area contributed by atoms with Crippen LogP contribution in [-0.2, 0) is 6.42 Å². The number of hydrogen-bond donors (Lipinski definition) is 1. The highest BCUT2D eigenvalue weighted by Gasteiger charge is 2.51. The first-order valence-electron chi connectivity index (χ1n) is 13.2. The molecule has 4 aliphatic carbocycles. The molecular formula is C27H37ClN4O. The summed E-state index contributed by atoms with van der Waals surface area (Å²) in [6.45, 7) is 6.51. The molecule has 1 N–H and O–H groups in total. The molecule has 33 heavy (non-hydrogen) atoms. The van der Waals surface area contributed by atoms with E-state index >= 15 is 0 Å². The van der Waals surface area contributed by atoms with Crippen LogP contribution in [0.3, 0.4) is 0 Å². The van der Waals surface area contributed by atoms with Gasteiger partial charge in [0.25, 0.3) is 5.91 Å². The van der Waals surface area contributed by atoms with E-state index in [2.05, 4.69) is 15.3 Å². The topological polar surface area (TPSA) is 49.6 Å². The van der Waals surface area contributed by atoms with Gasteiger partial charge in [-0.25, -0.2) is 4.52 Å². The summed E-state index contributed by atoms with van der Waals surface area (Å²) in [5.74, 6) is 3.66. The summed E-state index contributed by atoms with van der Waals surface area (Å²) in [5, 5.41) is 8.44. The van der Waals surface area contributed by atoms with E-state index in [4.69, 9.17) is 11.6 Å². The van der Waals surface area contributed by atoms with Crippen LogP contribution in [-0.4, -0.2) is 46.6 Å². The second kappa shape index (κ2) is 8.57. The molecule has 1 aliphatic heterocycles. The fourth-order valence-corrected chi connectivity index (χ4v) is 8.36. The molecule has 0 radical (unpaired) electrons. The fourth-order valence-electron chi connectivity index (χ4n) is 8.20. The number of hydrogen-bond acceptors (Lipinski definition) is 3. The fraction of sp³-hybridized carbons (Fsp3) is 0.704. The first kappa shape index (κ1) is 21.9. The van der Waals surface area contributed by atoms with Crippen LogP contribution in [0.15, 0.2) is 18.3 Å². The molecule has 5 fully saturated rings. The second-order valence-electron chi connectivity index (χ2n) is 11.7. The first-order valence-corrected chi connectivity index (χ1v) is 13.6. The maximum atomic E-state index is 13.1. The van der Waals surface area contributed by atoms with Gasteiger partial charge in [-0.2, -0.15) is 5.10 Å². The Bertz CT molecular complexity index is 1000. The molecule has 0 spiro atoms. The SMILES string of the molecule is CCc1nn2ccc(Cl)cc2c1C(=O)NCC1CCN(CC23CC4CC(CC(C4)C2)C3)CC1. The number of aromatic nitrogens is 2. The number of fused-ring (bicyclic) bond motifs is 1. The van der Waals surface area contributed by atoms with Crippen LogP contribution in [0, 0.1) is 29.1 Å². The van der Waals surface area contributed by atoms with Crippen LogP contribution >= 0.6 is 11.6 Å². The van der Waals surface area contributed by atoms with E-state index in [0.717, 1.165) is 41.9 Å². The van der Waals surface area contributed by atoms with E-state index in [1.165, 1.54) is 71.0 Å². The predicted octanol–water partition coefficient (Wildman–Crippen LogP) is 5.21. The highest BCUT2D eigenvalue weighted by atomic mass is 35.5. The van der Waals surface area contributed by atoms with Crippen molar-refractivity contribution in [3.8, 4) is 0 Å². The number of piperidine rings is 1. The van der Waals surface area contributed by atoms with Crippen molar-refractivity contribution in [2.24, 2.45) is 29.1 Å². The van der Waals surface area contributed by atoms with Crippen molar-refractivity contribution in [3.05, 3.63) is 34.6 Å². The van der Waals surface area contributed by atoms with Gasteiger partial charge in [-0.05, 0) is 112 Å². The summed E-state index contributed by atoms with van der Waals surface area (Å²) in [6, 6.07) is 3.64. The zero-order chi connectivity index (χ0) is 22.6. The summed E-state index contributed by atoms with van der Waals surface area (Å²) < 4.78 is 1.77. The van der Waals surface area contributed by atoms with Gasteiger partial charge in [0.2, 0.25) is 0 Å². The van der Waals surface area contributed by atoms with Crippen molar-refractivity contribution < 1.29 is 4.79 Å². The second-order valence-corrected chi connectivity index (χ2v) is 12.1. The van der Waals surface area contributed by atoms with Crippen LogP contribution in [0.4, 0.5) is 0 Å². The molecule has 178 valence electrons. The van der Waals surface area contributed by atoms with Gasteiger partial charge in [-0.3, -0.25) is 4.79 Å². The minimum absolute atomic E-state index is 0.0138. The number of aryl methyl sites for hydroxylation is 1. The first-order chi connectivity index (χ1) is 16.0. The molecule has 5 nitrogen and oxygen atoms in total. The van der Waals surface area contributed by atoms with Gasteiger partial charge in [-0.15, -0.1) is 0 Å². The number of likely N-dealkylation sites (tertiary alicyclic amines) is 1. The average Bonchev–Trinajstić information content (AvgIpc) is 3.15. The van der Waals surface area contributed by atoms with E-state index in [1.54, 1.807) is 10.6 Å². The molecule has 2 aromatic rings. The van der Waals surface area contributed by atoms with Crippen LogP contribution in [0.2, 0.25) is 5.02 Å². The third-order valence-electron chi connectivity index (χ3n) is 9.21. The molecule has 6 heteroatoms. The van der Waals surface area contributed by atoms with E-state index < -0.39 is 0 Å². The van der Waals surface area contributed by atoms with E-state index in [0.29, 0.717) is 21.9 Å². The Morgan fingerprint density at radius 2 is 1.82 bits per heavy atom. The maximum absolute atomic E-state index is 13.1.